The van der Waals surface area contributed by atoms with Gasteiger partial charge in [0, 0.05) is 13.7 Å². The van der Waals surface area contributed by atoms with Crippen LogP contribution in [0.15, 0.2) is 0 Å². The van der Waals surface area contributed by atoms with Crippen molar-refractivity contribution >= 4 is 0 Å². The third-order valence-corrected chi connectivity index (χ3v) is 3.58. The molecule has 1 saturated carbocycles. The minimum atomic E-state index is 0. The second-order valence-corrected chi connectivity index (χ2v) is 6.33. The summed E-state index contributed by atoms with van der Waals surface area (Å²) in [7, 11) is 1.79. The maximum absolute atomic E-state index is 5.01. The van der Waals surface area contributed by atoms with Gasteiger partial charge in [-0.05, 0) is 12.3 Å². The van der Waals surface area contributed by atoms with Crippen molar-refractivity contribution in [3.63, 3.8) is 0 Å². The van der Waals surface area contributed by atoms with Gasteiger partial charge in [0.25, 0.3) is 0 Å². The van der Waals surface area contributed by atoms with Crippen molar-refractivity contribution in [1.82, 2.24) is 0 Å². The van der Waals surface area contributed by atoms with Gasteiger partial charge in [-0.15, -0.1) is 12.1 Å². The number of unbranched alkanes of at least 4 members (excludes halogenated alkanes) is 1. The van der Waals surface area contributed by atoms with Crippen LogP contribution in [0.4, 0.5) is 0 Å². The summed E-state index contributed by atoms with van der Waals surface area (Å²) in [5.41, 5.74) is 0. The zero-order valence-corrected chi connectivity index (χ0v) is 19.6. The Hall–Kier alpha value is 1.07. The van der Waals surface area contributed by atoms with Gasteiger partial charge in [-0.3, -0.25) is 6.67 Å². The smallest absolute Gasteiger partial charge is 0.678 e. The molecule has 0 atom stereocenters. The van der Waals surface area contributed by atoms with Crippen LogP contribution in [0.3, 0.4) is 0 Å². The van der Waals surface area contributed by atoms with E-state index in [1.807, 2.05) is 0 Å². The quantitative estimate of drug-likeness (QED) is 0.324. The van der Waals surface area contributed by atoms with Gasteiger partial charge < -0.3 is 22.8 Å². The topological polar surface area (TPSA) is 37.4 Å². The molecule has 0 heterocycles. The molecule has 22 heavy (non-hydrogen) atoms. The van der Waals surface area contributed by atoms with Gasteiger partial charge in [0.15, 0.2) is 0 Å². The van der Waals surface area contributed by atoms with E-state index in [0.29, 0.717) is 18.8 Å². The van der Waals surface area contributed by atoms with Crippen molar-refractivity contribution in [2.75, 3.05) is 20.4 Å². The van der Waals surface area contributed by atoms with Crippen molar-refractivity contribution in [1.29, 1.82) is 0 Å². The third-order valence-electron chi connectivity index (χ3n) is 3.58. The Morgan fingerprint density at radius 2 is 1.45 bits per heavy atom. The summed E-state index contributed by atoms with van der Waals surface area (Å²) >= 11 is 0. The van der Waals surface area contributed by atoms with Crippen LogP contribution in [-0.4, -0.2) is 32.5 Å². The molecule has 1 fully saturated rings. The molecule has 0 saturated heterocycles. The fraction of sp³-hybridized carbons (Fsp3) is 0.944. The molecule has 130 valence electrons. The van der Waals surface area contributed by atoms with E-state index in [2.05, 4.69) is 38.3 Å². The van der Waals surface area contributed by atoms with Gasteiger partial charge in [0.2, 0.25) is 0 Å². The van der Waals surface area contributed by atoms with E-state index in [0.717, 1.165) is 12.5 Å². The van der Waals surface area contributed by atoms with Crippen molar-refractivity contribution < 1.29 is 40.3 Å². The Morgan fingerprint density at radius 3 is 1.86 bits per heavy atom. The van der Waals surface area contributed by atoms with Crippen LogP contribution in [0.25, 0.3) is 10.6 Å². The molecular weight excluding hydrogens is 399 g/mol. The maximum Gasteiger partial charge on any atom is 3.00 e. The van der Waals surface area contributed by atoms with Crippen LogP contribution >= 0.6 is 0 Å². The monoisotopic (exact) mass is 438 g/mol. The zero-order chi connectivity index (χ0) is 15.2. The average molecular weight is 438 g/mol. The molecule has 0 aromatic rings. The van der Waals surface area contributed by atoms with Crippen molar-refractivity contribution in [3.05, 3.63) is 18.1 Å². The van der Waals surface area contributed by atoms with Gasteiger partial charge in [-0.1, -0.05) is 66.2 Å². The van der Waals surface area contributed by atoms with Crippen molar-refractivity contribution in [2.24, 2.45) is 5.92 Å². The van der Waals surface area contributed by atoms with Crippen LogP contribution < -0.4 is 0 Å². The predicted octanol–water partition coefficient (Wildman–Crippen LogP) is 5.95. The van der Waals surface area contributed by atoms with E-state index in [4.69, 9.17) is 4.74 Å². The molecule has 3 nitrogen and oxygen atoms in total. The Bertz CT molecular complexity index is 188. The second-order valence-electron chi connectivity index (χ2n) is 6.33. The second kappa shape index (κ2) is 20.1. The summed E-state index contributed by atoms with van der Waals surface area (Å²) in [4.78, 5) is 0. The van der Waals surface area contributed by atoms with Gasteiger partial charge in [-0.2, -0.15) is 0 Å². The summed E-state index contributed by atoms with van der Waals surface area (Å²) in [5, 5.41) is 8.40. The van der Waals surface area contributed by atoms with E-state index in [9.17, 15) is 0 Å². The molecule has 4 heteroatoms. The molecule has 0 amide bonds. The van der Waals surface area contributed by atoms with Crippen LogP contribution in [-0.2, 0) is 4.74 Å². The fourth-order valence-corrected chi connectivity index (χ4v) is 2.35. The summed E-state index contributed by atoms with van der Waals surface area (Å²) in [6, 6.07) is 0.847. The van der Waals surface area contributed by atoms with Gasteiger partial charge >= 0.3 is 35.6 Å². The SMILES string of the molecule is CC(C)[N-]C[N-]C(C)C.COCCCCC1CCCC1.[CH3-].[La+3]. The number of methoxy groups -OCH3 is 1. The molecule has 0 aliphatic heterocycles. The fourth-order valence-electron chi connectivity index (χ4n) is 2.35. The minimum absolute atomic E-state index is 0. The Morgan fingerprint density at radius 1 is 0.955 bits per heavy atom. The molecule has 0 bridgehead atoms. The number of ether oxygens (including phenoxy) is 1. The molecule has 0 unspecified atom stereocenters. The van der Waals surface area contributed by atoms with Crippen LogP contribution in [0.2, 0.25) is 0 Å². The first-order valence-electron chi connectivity index (χ1n) is 8.38. The average Bonchev–Trinajstić information content (AvgIpc) is 2.87. The number of nitrogens with zero attached hydrogens (tertiary/aromatic N) is 2. The molecule has 0 spiro atoms. The Balaban J connectivity index is -0.000000307. The summed E-state index contributed by atoms with van der Waals surface area (Å²) < 4.78 is 5.01. The maximum atomic E-state index is 5.01. The van der Waals surface area contributed by atoms with E-state index < -0.39 is 0 Å². The number of rotatable bonds is 9. The molecule has 1 rings (SSSR count). The summed E-state index contributed by atoms with van der Waals surface area (Å²) in [6.07, 6.45) is 10.0. The van der Waals surface area contributed by atoms with Gasteiger partial charge in [-0.25, -0.2) is 0 Å². The molecule has 0 N–H and O–H groups in total. The third kappa shape index (κ3) is 21.1. The largest absolute Gasteiger partial charge is 3.00 e. The van der Waals surface area contributed by atoms with Crippen LogP contribution in [0.1, 0.15) is 72.6 Å². The van der Waals surface area contributed by atoms with Crippen LogP contribution in [0.5, 0.6) is 0 Å². The van der Waals surface area contributed by atoms with Crippen molar-refractivity contribution in [3.8, 4) is 0 Å². The number of hydrogen-bond acceptors (Lipinski definition) is 1. The van der Waals surface area contributed by atoms with E-state index in [-0.39, 0.29) is 43.0 Å². The first-order valence-corrected chi connectivity index (χ1v) is 8.38. The van der Waals surface area contributed by atoms with Crippen LogP contribution in [0, 0.1) is 48.9 Å². The summed E-state index contributed by atoms with van der Waals surface area (Å²) in [6.45, 7) is 9.87. The molecular formula is C18H39LaN2O. The first-order chi connectivity index (χ1) is 9.56. The van der Waals surface area contributed by atoms with Crippen molar-refractivity contribution in [2.45, 2.75) is 84.7 Å². The molecule has 0 aromatic carbocycles. The first kappa shape index (κ1) is 27.9. The van der Waals surface area contributed by atoms with Gasteiger partial charge in [0.1, 0.15) is 0 Å². The van der Waals surface area contributed by atoms with E-state index in [1.54, 1.807) is 7.11 Å². The molecule has 1 aliphatic carbocycles. The normalized spacial score (nSPS) is 14.3. The zero-order valence-electron chi connectivity index (χ0n) is 16.0. The van der Waals surface area contributed by atoms with E-state index in [1.165, 1.54) is 44.9 Å². The van der Waals surface area contributed by atoms with E-state index >= 15 is 0 Å². The van der Waals surface area contributed by atoms with Gasteiger partial charge in [0.05, 0.1) is 0 Å². The predicted molar refractivity (Wildman–Crippen MR) is 96.0 cm³/mol. The standard InChI is InChI=1S/C10H20O.C7H16N2.CH3.La/c1-11-9-5-4-8-10-6-2-3-7-10;1-6(2)8-5-9-7(3)4;;/h10H,2-9H2,1H3;6-7H,5H2,1-4H3;1H3;/q;-2;-1;+3. The molecule has 1 aliphatic rings. The Kier molecular flexibility index (Phi) is 25.5. The minimum Gasteiger partial charge on any atom is -0.678 e. The number of hydrogen-bond donors (Lipinski definition) is 0. The Labute approximate surface area is 168 Å². The molecule has 0 radical (unpaired) electrons. The molecule has 0 aromatic heterocycles. The summed E-state index contributed by atoms with van der Waals surface area (Å²) in [5.74, 6) is 1.06.